The molecule has 2 rings (SSSR count). The molecule has 6 heteroatoms. The quantitative estimate of drug-likeness (QED) is 0.834. The number of halogens is 1. The SMILES string of the molecule is COC(=O)c1ccc(Cl)c(-c2c(O)cc(C)[nH]c2=O)c1. The van der Waals surface area contributed by atoms with Gasteiger partial charge in [0.2, 0.25) is 0 Å². The fourth-order valence-electron chi connectivity index (χ4n) is 1.89. The number of esters is 1. The third-order valence-corrected chi connectivity index (χ3v) is 3.13. The van der Waals surface area contributed by atoms with E-state index >= 15 is 0 Å². The molecular weight excluding hydrogens is 282 g/mol. The van der Waals surface area contributed by atoms with Crippen LogP contribution in [0.1, 0.15) is 16.1 Å². The lowest BCUT2D eigenvalue weighted by atomic mass is 10.0. The summed E-state index contributed by atoms with van der Waals surface area (Å²) in [6, 6.07) is 5.78. The summed E-state index contributed by atoms with van der Waals surface area (Å²) in [7, 11) is 1.26. The van der Waals surface area contributed by atoms with Gasteiger partial charge in [-0.05, 0) is 31.2 Å². The monoisotopic (exact) mass is 293 g/mol. The molecule has 20 heavy (non-hydrogen) atoms. The minimum Gasteiger partial charge on any atom is -0.507 e. The first-order valence-electron chi connectivity index (χ1n) is 5.75. The van der Waals surface area contributed by atoms with E-state index in [2.05, 4.69) is 9.72 Å². The molecule has 0 saturated heterocycles. The first-order valence-corrected chi connectivity index (χ1v) is 6.13. The average Bonchev–Trinajstić information content (AvgIpc) is 2.38. The van der Waals surface area contributed by atoms with Gasteiger partial charge in [0.05, 0.1) is 18.2 Å². The number of pyridine rings is 1. The maximum Gasteiger partial charge on any atom is 0.337 e. The van der Waals surface area contributed by atoms with Gasteiger partial charge in [0, 0.05) is 16.3 Å². The second kappa shape index (κ2) is 5.38. The number of aryl methyl sites for hydroxylation is 1. The van der Waals surface area contributed by atoms with E-state index in [1.807, 2.05) is 0 Å². The van der Waals surface area contributed by atoms with Crippen molar-refractivity contribution in [3.05, 3.63) is 50.9 Å². The summed E-state index contributed by atoms with van der Waals surface area (Å²) in [6.45, 7) is 1.65. The Bertz CT molecular complexity index is 736. The number of hydrogen-bond acceptors (Lipinski definition) is 4. The van der Waals surface area contributed by atoms with Crippen molar-refractivity contribution in [3.63, 3.8) is 0 Å². The molecule has 0 bridgehead atoms. The number of hydrogen-bond donors (Lipinski definition) is 2. The van der Waals surface area contributed by atoms with Gasteiger partial charge in [-0.3, -0.25) is 4.79 Å². The Morgan fingerprint density at radius 3 is 2.65 bits per heavy atom. The van der Waals surface area contributed by atoms with E-state index in [4.69, 9.17) is 11.6 Å². The Balaban J connectivity index is 2.70. The van der Waals surface area contributed by atoms with Crippen molar-refractivity contribution in [3.8, 4) is 16.9 Å². The van der Waals surface area contributed by atoms with Crippen LogP contribution in [0, 0.1) is 6.92 Å². The number of aromatic amines is 1. The molecule has 0 saturated carbocycles. The molecule has 0 fully saturated rings. The van der Waals surface area contributed by atoms with Crippen LogP contribution in [0.25, 0.3) is 11.1 Å². The summed E-state index contributed by atoms with van der Waals surface area (Å²) >= 11 is 6.05. The van der Waals surface area contributed by atoms with Crippen LogP contribution in [0.3, 0.4) is 0 Å². The fraction of sp³-hybridized carbons (Fsp3) is 0.143. The summed E-state index contributed by atoms with van der Waals surface area (Å²) in [5, 5.41) is 10.2. The average molecular weight is 294 g/mol. The zero-order valence-electron chi connectivity index (χ0n) is 10.9. The van der Waals surface area contributed by atoms with Crippen molar-refractivity contribution in [1.29, 1.82) is 0 Å². The van der Waals surface area contributed by atoms with E-state index in [9.17, 15) is 14.7 Å². The fourth-order valence-corrected chi connectivity index (χ4v) is 2.11. The van der Waals surface area contributed by atoms with Gasteiger partial charge in [-0.25, -0.2) is 4.79 Å². The molecule has 0 unspecified atom stereocenters. The molecule has 0 atom stereocenters. The van der Waals surface area contributed by atoms with Crippen LogP contribution in [0.4, 0.5) is 0 Å². The minimum absolute atomic E-state index is 0.0198. The van der Waals surface area contributed by atoms with Crippen molar-refractivity contribution < 1.29 is 14.6 Å². The van der Waals surface area contributed by atoms with Crippen LogP contribution in [0.2, 0.25) is 5.02 Å². The smallest absolute Gasteiger partial charge is 0.337 e. The van der Waals surface area contributed by atoms with Crippen LogP contribution < -0.4 is 5.56 Å². The number of benzene rings is 1. The summed E-state index contributed by atoms with van der Waals surface area (Å²) in [6.07, 6.45) is 0. The van der Waals surface area contributed by atoms with Crippen LogP contribution >= 0.6 is 11.6 Å². The summed E-state index contributed by atoms with van der Waals surface area (Å²) in [5.41, 5.74) is 0.578. The molecule has 0 aliphatic rings. The molecule has 5 nitrogen and oxygen atoms in total. The number of ether oxygens (including phenoxy) is 1. The predicted molar refractivity (Wildman–Crippen MR) is 75.3 cm³/mol. The topological polar surface area (TPSA) is 79.4 Å². The van der Waals surface area contributed by atoms with Crippen LogP contribution in [0.15, 0.2) is 29.1 Å². The van der Waals surface area contributed by atoms with E-state index in [1.54, 1.807) is 6.92 Å². The highest BCUT2D eigenvalue weighted by molar-refractivity contribution is 6.33. The van der Waals surface area contributed by atoms with E-state index < -0.39 is 11.5 Å². The van der Waals surface area contributed by atoms with Gasteiger partial charge in [-0.2, -0.15) is 0 Å². The molecule has 0 aliphatic heterocycles. The summed E-state index contributed by atoms with van der Waals surface area (Å²) in [4.78, 5) is 26.1. The molecular formula is C14H12ClNO4. The number of carbonyl (C=O) groups excluding carboxylic acids is 1. The number of H-pyrrole nitrogens is 1. The summed E-state index contributed by atoms with van der Waals surface area (Å²) < 4.78 is 4.62. The minimum atomic E-state index is -0.550. The Kier molecular flexibility index (Phi) is 3.81. The lowest BCUT2D eigenvalue weighted by molar-refractivity contribution is 0.0601. The number of carbonyl (C=O) groups is 1. The van der Waals surface area contributed by atoms with Gasteiger partial charge in [-0.1, -0.05) is 11.6 Å². The third-order valence-electron chi connectivity index (χ3n) is 2.80. The zero-order valence-corrected chi connectivity index (χ0v) is 11.6. The molecule has 2 aromatic rings. The van der Waals surface area contributed by atoms with Crippen LogP contribution in [-0.2, 0) is 4.74 Å². The molecule has 0 amide bonds. The zero-order chi connectivity index (χ0) is 14.9. The molecule has 2 N–H and O–H groups in total. The first kappa shape index (κ1) is 14.1. The molecule has 1 heterocycles. The summed E-state index contributed by atoms with van der Waals surface area (Å²) in [5.74, 6) is -0.749. The van der Waals surface area contributed by atoms with Crippen LogP contribution in [-0.4, -0.2) is 23.2 Å². The molecule has 1 aromatic carbocycles. The van der Waals surface area contributed by atoms with E-state index in [0.717, 1.165) is 0 Å². The van der Waals surface area contributed by atoms with Crippen LogP contribution in [0.5, 0.6) is 5.75 Å². The van der Waals surface area contributed by atoms with Crippen molar-refractivity contribution in [2.75, 3.05) is 7.11 Å². The molecule has 104 valence electrons. The molecule has 0 aliphatic carbocycles. The van der Waals surface area contributed by atoms with E-state index in [-0.39, 0.29) is 27.5 Å². The van der Waals surface area contributed by atoms with Gasteiger partial charge < -0.3 is 14.8 Å². The maximum absolute atomic E-state index is 12.0. The Labute approximate surface area is 119 Å². The van der Waals surface area contributed by atoms with Crippen molar-refractivity contribution in [1.82, 2.24) is 4.98 Å². The number of rotatable bonds is 2. The second-order valence-electron chi connectivity index (χ2n) is 4.23. The van der Waals surface area contributed by atoms with Gasteiger partial charge >= 0.3 is 5.97 Å². The maximum atomic E-state index is 12.0. The first-order chi connectivity index (χ1) is 9.43. The van der Waals surface area contributed by atoms with Crippen molar-refractivity contribution >= 4 is 17.6 Å². The van der Waals surface area contributed by atoms with Gasteiger partial charge in [0.25, 0.3) is 5.56 Å². The Morgan fingerprint density at radius 1 is 1.35 bits per heavy atom. The molecule has 0 spiro atoms. The molecule has 0 radical (unpaired) electrons. The predicted octanol–water partition coefficient (Wildman–Crippen LogP) is 2.50. The van der Waals surface area contributed by atoms with Gasteiger partial charge in [0.1, 0.15) is 5.75 Å². The van der Waals surface area contributed by atoms with Crippen molar-refractivity contribution in [2.24, 2.45) is 0 Å². The normalized spacial score (nSPS) is 10.3. The van der Waals surface area contributed by atoms with Gasteiger partial charge in [-0.15, -0.1) is 0 Å². The second-order valence-corrected chi connectivity index (χ2v) is 4.64. The molecule has 1 aromatic heterocycles. The van der Waals surface area contributed by atoms with E-state index in [0.29, 0.717) is 5.69 Å². The number of aromatic hydroxyl groups is 1. The standard InChI is InChI=1S/C14H12ClNO4/c1-7-5-11(17)12(13(18)16-7)9-6-8(14(19)20-2)3-4-10(9)15/h3-6H,1-2H3,(H2,16,17,18). The van der Waals surface area contributed by atoms with E-state index in [1.165, 1.54) is 31.4 Å². The highest BCUT2D eigenvalue weighted by Gasteiger charge is 2.16. The highest BCUT2D eigenvalue weighted by Crippen LogP contribution is 2.32. The lowest BCUT2D eigenvalue weighted by Gasteiger charge is -2.08. The van der Waals surface area contributed by atoms with Crippen molar-refractivity contribution in [2.45, 2.75) is 6.92 Å². The Morgan fingerprint density at radius 2 is 2.05 bits per heavy atom. The largest absolute Gasteiger partial charge is 0.507 e. The number of aromatic nitrogens is 1. The number of nitrogens with one attached hydrogen (secondary N) is 1. The lowest BCUT2D eigenvalue weighted by Crippen LogP contribution is -2.11. The van der Waals surface area contributed by atoms with Gasteiger partial charge in [0.15, 0.2) is 0 Å². The Hall–Kier alpha value is -2.27. The third kappa shape index (κ3) is 2.53. The highest BCUT2D eigenvalue weighted by atomic mass is 35.5. The number of methoxy groups -OCH3 is 1.